The molecule has 1 N–H and O–H groups in total. The average Bonchev–Trinajstić information content (AvgIpc) is 2.81. The maximum Gasteiger partial charge on any atom is 0.251 e. The number of oxime groups is 1. The van der Waals surface area contributed by atoms with Crippen molar-refractivity contribution in [2.24, 2.45) is 11.1 Å². The van der Waals surface area contributed by atoms with E-state index in [1.54, 1.807) is 0 Å². The van der Waals surface area contributed by atoms with Crippen molar-refractivity contribution in [1.29, 1.82) is 0 Å². The van der Waals surface area contributed by atoms with Crippen LogP contribution in [0.1, 0.15) is 26.2 Å². The number of likely N-dealkylation sites (tertiary alicyclic amines) is 1. The van der Waals surface area contributed by atoms with Crippen LogP contribution in [0.15, 0.2) is 5.16 Å². The number of amides is 1. The molecule has 0 aliphatic carbocycles. The molecule has 2 atom stereocenters. The Bertz CT molecular complexity index is 298. The number of piperidine rings is 1. The lowest BCUT2D eigenvalue weighted by molar-refractivity contribution is -0.141. The monoisotopic (exact) mass is 226 g/mol. The topological polar surface area (TPSA) is 62.1 Å². The highest BCUT2D eigenvalue weighted by Gasteiger charge is 2.32. The molecule has 16 heavy (non-hydrogen) atoms. The van der Waals surface area contributed by atoms with Gasteiger partial charge in [0.05, 0.1) is 5.71 Å². The van der Waals surface area contributed by atoms with Gasteiger partial charge in [0.2, 0.25) is 0 Å². The molecule has 5 heteroatoms. The molecule has 0 aromatic heterocycles. The van der Waals surface area contributed by atoms with Gasteiger partial charge in [-0.25, -0.2) is 0 Å². The van der Waals surface area contributed by atoms with Gasteiger partial charge in [-0.1, -0.05) is 12.1 Å². The molecule has 0 saturated carbocycles. The van der Waals surface area contributed by atoms with Crippen molar-refractivity contribution in [3.8, 4) is 0 Å². The SMILES string of the molecule is CC1CN(C(=O)C2CCCO2)CCC1=NO. The fraction of sp³-hybridized carbons (Fsp3) is 0.818. The van der Waals surface area contributed by atoms with E-state index in [0.717, 1.165) is 18.6 Å². The van der Waals surface area contributed by atoms with Crippen LogP contribution < -0.4 is 0 Å². The summed E-state index contributed by atoms with van der Waals surface area (Å²) in [6.07, 6.45) is 2.24. The molecule has 2 aliphatic rings. The van der Waals surface area contributed by atoms with Crippen molar-refractivity contribution in [1.82, 2.24) is 4.90 Å². The van der Waals surface area contributed by atoms with Crippen molar-refractivity contribution in [3.63, 3.8) is 0 Å². The van der Waals surface area contributed by atoms with Gasteiger partial charge in [-0.15, -0.1) is 0 Å². The molecule has 0 aromatic carbocycles. The standard InChI is InChI=1S/C11H18N2O3/c1-8-7-13(5-4-9(8)12-15)11(14)10-3-2-6-16-10/h8,10,15H,2-7H2,1H3. The number of rotatable bonds is 1. The Hall–Kier alpha value is -1.10. The van der Waals surface area contributed by atoms with E-state index < -0.39 is 0 Å². The van der Waals surface area contributed by atoms with E-state index in [0.29, 0.717) is 26.1 Å². The van der Waals surface area contributed by atoms with Gasteiger partial charge >= 0.3 is 0 Å². The Labute approximate surface area is 95.1 Å². The fourth-order valence-corrected chi connectivity index (χ4v) is 2.35. The Morgan fingerprint density at radius 1 is 1.62 bits per heavy atom. The average molecular weight is 226 g/mol. The first kappa shape index (κ1) is 11.4. The summed E-state index contributed by atoms with van der Waals surface area (Å²) in [6, 6.07) is 0. The molecule has 2 heterocycles. The van der Waals surface area contributed by atoms with Gasteiger partial charge in [0.25, 0.3) is 5.91 Å². The third-order valence-electron chi connectivity index (χ3n) is 3.35. The van der Waals surface area contributed by atoms with Crippen LogP contribution in [0.25, 0.3) is 0 Å². The highest BCUT2D eigenvalue weighted by Crippen LogP contribution is 2.19. The van der Waals surface area contributed by atoms with Gasteiger partial charge < -0.3 is 14.8 Å². The molecule has 2 fully saturated rings. The molecule has 2 saturated heterocycles. The Morgan fingerprint density at radius 2 is 2.44 bits per heavy atom. The van der Waals surface area contributed by atoms with Gasteiger partial charge in [-0.3, -0.25) is 4.79 Å². The van der Waals surface area contributed by atoms with Crippen molar-refractivity contribution in [2.75, 3.05) is 19.7 Å². The molecule has 2 unspecified atom stereocenters. The molecule has 2 aliphatic heterocycles. The second-order valence-electron chi connectivity index (χ2n) is 4.53. The summed E-state index contributed by atoms with van der Waals surface area (Å²) in [6.45, 7) is 3.95. The van der Waals surface area contributed by atoms with Crippen LogP contribution in [0.5, 0.6) is 0 Å². The smallest absolute Gasteiger partial charge is 0.251 e. The molecule has 2 rings (SSSR count). The Morgan fingerprint density at radius 3 is 3.00 bits per heavy atom. The number of carbonyl (C=O) groups excluding carboxylic acids is 1. The number of hydrogen-bond donors (Lipinski definition) is 1. The highest BCUT2D eigenvalue weighted by atomic mass is 16.5. The molecule has 1 amide bonds. The Balaban J connectivity index is 1.94. The van der Waals surface area contributed by atoms with E-state index in [4.69, 9.17) is 9.94 Å². The minimum Gasteiger partial charge on any atom is -0.411 e. The maximum absolute atomic E-state index is 12.0. The van der Waals surface area contributed by atoms with Gasteiger partial charge in [0.1, 0.15) is 6.10 Å². The molecule has 0 spiro atoms. The molecule has 0 bridgehead atoms. The minimum atomic E-state index is -0.236. The summed E-state index contributed by atoms with van der Waals surface area (Å²) in [4.78, 5) is 13.9. The first-order valence-corrected chi connectivity index (χ1v) is 5.83. The quantitative estimate of drug-likeness (QED) is 0.533. The van der Waals surface area contributed by atoms with Crippen molar-refractivity contribution < 1.29 is 14.7 Å². The number of ether oxygens (including phenoxy) is 1. The van der Waals surface area contributed by atoms with Crippen molar-refractivity contribution >= 4 is 11.6 Å². The zero-order valence-electron chi connectivity index (χ0n) is 9.56. The fourth-order valence-electron chi connectivity index (χ4n) is 2.35. The zero-order valence-corrected chi connectivity index (χ0v) is 9.56. The van der Waals surface area contributed by atoms with E-state index in [1.807, 2.05) is 11.8 Å². The molecule has 0 aromatic rings. The summed E-state index contributed by atoms with van der Waals surface area (Å²) in [7, 11) is 0. The van der Waals surface area contributed by atoms with Gasteiger partial charge in [0.15, 0.2) is 0 Å². The summed E-state index contributed by atoms with van der Waals surface area (Å²) in [5.41, 5.74) is 0.788. The lowest BCUT2D eigenvalue weighted by Gasteiger charge is -2.32. The largest absolute Gasteiger partial charge is 0.411 e. The van der Waals surface area contributed by atoms with Crippen LogP contribution in [0.4, 0.5) is 0 Å². The van der Waals surface area contributed by atoms with Crippen LogP contribution in [0.2, 0.25) is 0 Å². The van der Waals surface area contributed by atoms with Crippen LogP contribution in [-0.4, -0.2) is 47.5 Å². The highest BCUT2D eigenvalue weighted by molar-refractivity contribution is 5.89. The first-order valence-electron chi connectivity index (χ1n) is 5.83. The van der Waals surface area contributed by atoms with Crippen molar-refractivity contribution in [2.45, 2.75) is 32.3 Å². The van der Waals surface area contributed by atoms with E-state index in [9.17, 15) is 4.79 Å². The molecular formula is C11H18N2O3. The second-order valence-corrected chi connectivity index (χ2v) is 4.53. The number of nitrogens with zero attached hydrogens (tertiary/aromatic N) is 2. The maximum atomic E-state index is 12.0. The summed E-state index contributed by atoms with van der Waals surface area (Å²) in [5.74, 6) is 0.241. The van der Waals surface area contributed by atoms with Gasteiger partial charge in [0, 0.05) is 32.0 Å². The third kappa shape index (κ3) is 2.19. The van der Waals surface area contributed by atoms with Crippen LogP contribution in [0.3, 0.4) is 0 Å². The lowest BCUT2D eigenvalue weighted by Crippen LogP contribution is -2.47. The van der Waals surface area contributed by atoms with E-state index in [1.165, 1.54) is 0 Å². The van der Waals surface area contributed by atoms with Crippen LogP contribution >= 0.6 is 0 Å². The predicted molar refractivity (Wildman–Crippen MR) is 58.6 cm³/mol. The first-order chi connectivity index (χ1) is 7.72. The van der Waals surface area contributed by atoms with Gasteiger partial charge in [-0.05, 0) is 12.8 Å². The number of carbonyl (C=O) groups is 1. The van der Waals surface area contributed by atoms with E-state index in [2.05, 4.69) is 5.16 Å². The zero-order chi connectivity index (χ0) is 11.5. The van der Waals surface area contributed by atoms with Gasteiger partial charge in [-0.2, -0.15) is 0 Å². The second kappa shape index (κ2) is 4.82. The summed E-state index contributed by atoms with van der Waals surface area (Å²) in [5, 5.41) is 12.0. The van der Waals surface area contributed by atoms with Crippen LogP contribution in [-0.2, 0) is 9.53 Å². The van der Waals surface area contributed by atoms with E-state index >= 15 is 0 Å². The molecule has 90 valence electrons. The third-order valence-corrected chi connectivity index (χ3v) is 3.35. The van der Waals surface area contributed by atoms with E-state index in [-0.39, 0.29) is 17.9 Å². The van der Waals surface area contributed by atoms with Crippen molar-refractivity contribution in [3.05, 3.63) is 0 Å². The summed E-state index contributed by atoms with van der Waals surface area (Å²) >= 11 is 0. The minimum absolute atomic E-state index is 0.0985. The Kier molecular flexibility index (Phi) is 3.43. The molecule has 5 nitrogen and oxygen atoms in total. The predicted octanol–water partition coefficient (Wildman–Crippen LogP) is 0.864. The normalized spacial score (nSPS) is 33.3. The molecular weight excluding hydrogens is 208 g/mol. The lowest BCUT2D eigenvalue weighted by atomic mass is 9.97. The molecule has 0 radical (unpaired) electrons. The van der Waals surface area contributed by atoms with Crippen LogP contribution in [0, 0.1) is 5.92 Å². The number of hydrogen-bond acceptors (Lipinski definition) is 4. The summed E-state index contributed by atoms with van der Waals surface area (Å²) < 4.78 is 5.39.